The van der Waals surface area contributed by atoms with E-state index in [9.17, 15) is 0 Å². The summed E-state index contributed by atoms with van der Waals surface area (Å²) >= 11 is 0. The van der Waals surface area contributed by atoms with Crippen LogP contribution >= 0.6 is 0 Å². The number of hydrogen-bond donors (Lipinski definition) is 1. The molecule has 20 heavy (non-hydrogen) atoms. The van der Waals surface area contributed by atoms with Crippen molar-refractivity contribution in [3.05, 3.63) is 24.3 Å². The number of benzene rings is 1. The second-order valence-corrected chi connectivity index (χ2v) is 7.28. The molecule has 0 unspecified atom stereocenters. The summed E-state index contributed by atoms with van der Waals surface area (Å²) < 4.78 is 18.2. The van der Waals surface area contributed by atoms with Gasteiger partial charge in [-0.05, 0) is 31.4 Å². The Hall–Kier alpha value is -0.883. The van der Waals surface area contributed by atoms with Crippen molar-refractivity contribution in [3.63, 3.8) is 0 Å². The molecule has 2 N–H and O–H groups in total. The van der Waals surface area contributed by atoms with Gasteiger partial charge in [-0.25, -0.2) is 0 Å². The first-order valence-electron chi connectivity index (χ1n) is 7.46. The minimum absolute atomic E-state index is 0.633. The quantitative estimate of drug-likeness (QED) is 0.533. The SMILES string of the molecule is CCCO[Si](OCCC)(OCCC)c1cccc(N)c1. The third kappa shape index (κ3) is 4.90. The first kappa shape index (κ1) is 17.2. The summed E-state index contributed by atoms with van der Waals surface area (Å²) in [6, 6.07) is 7.69. The summed E-state index contributed by atoms with van der Waals surface area (Å²) in [6.45, 7) is 8.14. The van der Waals surface area contributed by atoms with Crippen molar-refractivity contribution >= 4 is 19.7 Å². The van der Waals surface area contributed by atoms with Crippen molar-refractivity contribution in [3.8, 4) is 0 Å². The van der Waals surface area contributed by atoms with E-state index < -0.39 is 8.80 Å². The molecule has 0 bridgehead atoms. The van der Waals surface area contributed by atoms with Crippen molar-refractivity contribution in [1.29, 1.82) is 0 Å². The first-order chi connectivity index (χ1) is 9.68. The average Bonchev–Trinajstić information content (AvgIpc) is 2.47. The molecule has 0 radical (unpaired) electrons. The standard InChI is InChI=1S/C15H27NO3Si/c1-4-10-17-20(18-11-5-2,19-12-6-3)15-9-7-8-14(16)13-15/h7-9,13H,4-6,10-12,16H2,1-3H3. The lowest BCUT2D eigenvalue weighted by atomic mass is 10.3. The van der Waals surface area contributed by atoms with Crippen molar-refractivity contribution in [1.82, 2.24) is 0 Å². The first-order valence-corrected chi connectivity index (χ1v) is 9.18. The Kier molecular flexibility index (Phi) is 7.83. The summed E-state index contributed by atoms with van der Waals surface area (Å²) in [6.07, 6.45) is 2.80. The highest BCUT2D eigenvalue weighted by molar-refractivity contribution is 6.75. The zero-order chi connectivity index (χ0) is 14.8. The van der Waals surface area contributed by atoms with Crippen LogP contribution in [0.25, 0.3) is 0 Å². The maximum atomic E-state index is 6.06. The van der Waals surface area contributed by atoms with E-state index in [1.165, 1.54) is 0 Å². The number of hydrogen-bond acceptors (Lipinski definition) is 4. The van der Waals surface area contributed by atoms with Crippen LogP contribution in [0.4, 0.5) is 5.69 Å². The summed E-state index contributed by atoms with van der Waals surface area (Å²) in [7, 11) is -2.85. The minimum atomic E-state index is -2.85. The van der Waals surface area contributed by atoms with E-state index >= 15 is 0 Å². The Morgan fingerprint density at radius 2 is 1.40 bits per heavy atom. The maximum absolute atomic E-state index is 6.06. The maximum Gasteiger partial charge on any atom is 0.537 e. The molecule has 0 aliphatic heterocycles. The topological polar surface area (TPSA) is 53.7 Å². The molecule has 1 rings (SSSR count). The molecular weight excluding hydrogens is 270 g/mol. The largest absolute Gasteiger partial charge is 0.537 e. The fraction of sp³-hybridized carbons (Fsp3) is 0.600. The lowest BCUT2D eigenvalue weighted by molar-refractivity contribution is 0.0732. The minimum Gasteiger partial charge on any atom is -0.399 e. The van der Waals surface area contributed by atoms with Gasteiger partial charge in [0.2, 0.25) is 0 Å². The second kappa shape index (κ2) is 9.13. The van der Waals surface area contributed by atoms with Crippen molar-refractivity contribution in [2.45, 2.75) is 40.0 Å². The number of rotatable bonds is 10. The Balaban J connectivity index is 3.04. The monoisotopic (exact) mass is 297 g/mol. The number of nitrogen functional groups attached to an aromatic ring is 1. The summed E-state index contributed by atoms with van der Waals surface area (Å²) in [4.78, 5) is 0. The highest BCUT2D eigenvalue weighted by Gasteiger charge is 2.43. The van der Waals surface area contributed by atoms with Crippen molar-refractivity contribution in [2.24, 2.45) is 0 Å². The second-order valence-electron chi connectivity index (χ2n) is 4.73. The molecule has 1 aromatic carbocycles. The van der Waals surface area contributed by atoms with Crippen LogP contribution in [0, 0.1) is 0 Å². The zero-order valence-electron chi connectivity index (χ0n) is 12.9. The molecule has 1 aromatic rings. The number of anilines is 1. The van der Waals surface area contributed by atoms with E-state index in [-0.39, 0.29) is 0 Å². The molecule has 0 amide bonds. The Morgan fingerprint density at radius 3 is 1.80 bits per heavy atom. The van der Waals surface area contributed by atoms with Gasteiger partial charge < -0.3 is 19.0 Å². The van der Waals surface area contributed by atoms with Gasteiger partial charge in [-0.3, -0.25) is 0 Å². The van der Waals surface area contributed by atoms with E-state index in [0.29, 0.717) is 25.5 Å². The van der Waals surface area contributed by atoms with Gasteiger partial charge in [0.25, 0.3) is 0 Å². The van der Waals surface area contributed by atoms with Gasteiger partial charge in [0.1, 0.15) is 0 Å². The average molecular weight is 297 g/mol. The molecule has 0 fully saturated rings. The van der Waals surface area contributed by atoms with Crippen molar-refractivity contribution in [2.75, 3.05) is 25.6 Å². The molecule has 0 aliphatic carbocycles. The molecular formula is C15H27NO3Si. The normalized spacial score (nSPS) is 11.8. The van der Waals surface area contributed by atoms with Gasteiger partial charge in [-0.2, -0.15) is 0 Å². The van der Waals surface area contributed by atoms with Gasteiger partial charge in [0.15, 0.2) is 0 Å². The predicted molar refractivity (Wildman–Crippen MR) is 85.0 cm³/mol. The van der Waals surface area contributed by atoms with Crippen LogP contribution in [0.2, 0.25) is 0 Å². The Morgan fingerprint density at radius 1 is 0.900 bits per heavy atom. The highest BCUT2D eigenvalue weighted by Crippen LogP contribution is 2.14. The van der Waals surface area contributed by atoms with Crippen LogP contribution in [0.1, 0.15) is 40.0 Å². The summed E-state index contributed by atoms with van der Waals surface area (Å²) in [5, 5.41) is 0.952. The highest BCUT2D eigenvalue weighted by atomic mass is 28.4. The van der Waals surface area contributed by atoms with Crippen LogP contribution in [0.15, 0.2) is 24.3 Å². The third-order valence-electron chi connectivity index (χ3n) is 2.73. The van der Waals surface area contributed by atoms with E-state index in [2.05, 4.69) is 20.8 Å². The van der Waals surface area contributed by atoms with Crippen LogP contribution in [0.3, 0.4) is 0 Å². The van der Waals surface area contributed by atoms with E-state index in [0.717, 1.165) is 24.4 Å². The predicted octanol–water partition coefficient (Wildman–Crippen LogP) is 2.69. The van der Waals surface area contributed by atoms with Crippen LogP contribution in [-0.4, -0.2) is 28.6 Å². The van der Waals surface area contributed by atoms with Crippen LogP contribution in [0.5, 0.6) is 0 Å². The van der Waals surface area contributed by atoms with Crippen molar-refractivity contribution < 1.29 is 13.3 Å². The summed E-state index contributed by atoms with van der Waals surface area (Å²) in [5.74, 6) is 0. The van der Waals surface area contributed by atoms with Gasteiger partial charge >= 0.3 is 8.80 Å². The Bertz CT molecular complexity index is 365. The van der Waals surface area contributed by atoms with E-state index in [4.69, 9.17) is 19.0 Å². The van der Waals surface area contributed by atoms with Gasteiger partial charge in [0, 0.05) is 30.7 Å². The fourth-order valence-corrected chi connectivity index (χ4v) is 4.63. The molecule has 114 valence electrons. The van der Waals surface area contributed by atoms with Gasteiger partial charge in [0.05, 0.1) is 0 Å². The third-order valence-corrected chi connectivity index (χ3v) is 5.50. The summed E-state index contributed by atoms with van der Waals surface area (Å²) in [5.41, 5.74) is 6.60. The molecule has 0 saturated heterocycles. The van der Waals surface area contributed by atoms with E-state index in [1.54, 1.807) is 0 Å². The van der Waals surface area contributed by atoms with Crippen LogP contribution < -0.4 is 10.9 Å². The molecule has 0 heterocycles. The molecule has 0 atom stereocenters. The van der Waals surface area contributed by atoms with Gasteiger partial charge in [-0.1, -0.05) is 32.9 Å². The zero-order valence-corrected chi connectivity index (χ0v) is 13.9. The lowest BCUT2D eigenvalue weighted by Crippen LogP contribution is -2.57. The molecule has 4 nitrogen and oxygen atoms in total. The fourth-order valence-electron chi connectivity index (χ4n) is 1.81. The molecule has 0 saturated carbocycles. The molecule has 0 aromatic heterocycles. The molecule has 5 heteroatoms. The van der Waals surface area contributed by atoms with Gasteiger partial charge in [-0.15, -0.1) is 0 Å². The lowest BCUT2D eigenvalue weighted by Gasteiger charge is -2.30. The van der Waals surface area contributed by atoms with Crippen LogP contribution in [-0.2, 0) is 13.3 Å². The molecule has 0 spiro atoms. The van der Waals surface area contributed by atoms with E-state index in [1.807, 2.05) is 24.3 Å². The Labute approximate surface area is 123 Å². The smallest absolute Gasteiger partial charge is 0.399 e. The number of nitrogens with two attached hydrogens (primary N) is 1. The molecule has 0 aliphatic rings.